The summed E-state index contributed by atoms with van der Waals surface area (Å²) in [5.74, 6) is 1.38. The molecule has 1 unspecified atom stereocenters. The lowest BCUT2D eigenvalue weighted by molar-refractivity contribution is 0.0831. The third-order valence-electron chi connectivity index (χ3n) is 4.15. The van der Waals surface area contributed by atoms with Gasteiger partial charge in [-0.2, -0.15) is 9.61 Å². The van der Waals surface area contributed by atoms with E-state index >= 15 is 0 Å². The molecule has 1 aliphatic rings. The molecule has 0 spiro atoms. The van der Waals surface area contributed by atoms with Crippen molar-refractivity contribution in [3.8, 4) is 0 Å². The van der Waals surface area contributed by atoms with Crippen LogP contribution in [0.15, 0.2) is 0 Å². The standard InChI is InChI=1S/C14H23N5OS/c1-14(2,3)10(15)8-11-18-19-12(16-17-13(19)21-11)9-4-6-20-7-5-9/h9-10H,4-8,15H2,1-3H3. The lowest BCUT2D eigenvalue weighted by atomic mass is 9.86. The first-order valence-corrected chi connectivity index (χ1v) is 8.31. The van der Waals surface area contributed by atoms with Gasteiger partial charge in [0.05, 0.1) is 0 Å². The summed E-state index contributed by atoms with van der Waals surface area (Å²) >= 11 is 1.59. The molecular formula is C14H23N5OS. The monoisotopic (exact) mass is 309 g/mol. The Labute approximate surface area is 128 Å². The van der Waals surface area contributed by atoms with Crippen LogP contribution in [-0.4, -0.2) is 39.1 Å². The van der Waals surface area contributed by atoms with Gasteiger partial charge in [0.2, 0.25) is 4.96 Å². The van der Waals surface area contributed by atoms with Crippen molar-refractivity contribution in [2.24, 2.45) is 11.1 Å². The third kappa shape index (κ3) is 3.09. The molecule has 2 aromatic rings. The number of aromatic nitrogens is 4. The van der Waals surface area contributed by atoms with Gasteiger partial charge in [0.1, 0.15) is 5.01 Å². The van der Waals surface area contributed by atoms with Gasteiger partial charge in [-0.1, -0.05) is 32.1 Å². The Morgan fingerprint density at radius 3 is 2.71 bits per heavy atom. The number of hydrogen-bond donors (Lipinski definition) is 1. The normalized spacial score (nSPS) is 19.2. The zero-order valence-electron chi connectivity index (χ0n) is 12.9. The van der Waals surface area contributed by atoms with Crippen molar-refractivity contribution in [1.82, 2.24) is 19.8 Å². The first-order chi connectivity index (χ1) is 9.95. The topological polar surface area (TPSA) is 78.3 Å². The molecule has 1 fully saturated rings. The van der Waals surface area contributed by atoms with Crippen LogP contribution >= 0.6 is 11.3 Å². The number of fused-ring (bicyclic) bond motifs is 1. The molecule has 3 rings (SSSR count). The van der Waals surface area contributed by atoms with Crippen molar-refractivity contribution < 1.29 is 4.74 Å². The molecule has 21 heavy (non-hydrogen) atoms. The molecule has 3 heterocycles. The highest BCUT2D eigenvalue weighted by atomic mass is 32.1. The van der Waals surface area contributed by atoms with E-state index in [2.05, 4.69) is 31.0 Å². The van der Waals surface area contributed by atoms with Crippen molar-refractivity contribution in [2.45, 2.75) is 52.0 Å². The van der Waals surface area contributed by atoms with Crippen molar-refractivity contribution in [3.63, 3.8) is 0 Å². The van der Waals surface area contributed by atoms with Crippen LogP contribution in [0.5, 0.6) is 0 Å². The first-order valence-electron chi connectivity index (χ1n) is 7.49. The summed E-state index contributed by atoms with van der Waals surface area (Å²) in [6.07, 6.45) is 2.77. The van der Waals surface area contributed by atoms with Crippen molar-refractivity contribution in [2.75, 3.05) is 13.2 Å². The Bertz CT molecular complexity index is 608. The molecular weight excluding hydrogens is 286 g/mol. The molecule has 0 saturated carbocycles. The van der Waals surface area contributed by atoms with Crippen LogP contribution < -0.4 is 5.73 Å². The number of nitrogens with two attached hydrogens (primary N) is 1. The number of nitrogens with zero attached hydrogens (tertiary/aromatic N) is 4. The quantitative estimate of drug-likeness (QED) is 0.938. The second-order valence-electron chi connectivity index (χ2n) is 6.81. The van der Waals surface area contributed by atoms with E-state index in [-0.39, 0.29) is 11.5 Å². The van der Waals surface area contributed by atoms with E-state index in [0.29, 0.717) is 5.92 Å². The maximum absolute atomic E-state index is 6.26. The van der Waals surface area contributed by atoms with E-state index in [0.717, 1.165) is 48.3 Å². The van der Waals surface area contributed by atoms with Crippen LogP contribution in [0.2, 0.25) is 0 Å². The van der Waals surface area contributed by atoms with Crippen LogP contribution in [0.3, 0.4) is 0 Å². The highest BCUT2D eigenvalue weighted by molar-refractivity contribution is 7.16. The summed E-state index contributed by atoms with van der Waals surface area (Å²) in [6.45, 7) is 8.07. The van der Waals surface area contributed by atoms with Crippen LogP contribution in [0.25, 0.3) is 4.96 Å². The fraction of sp³-hybridized carbons (Fsp3) is 0.786. The molecule has 0 radical (unpaired) electrons. The highest BCUT2D eigenvalue weighted by Gasteiger charge is 2.25. The summed E-state index contributed by atoms with van der Waals surface area (Å²) < 4.78 is 7.32. The van der Waals surface area contributed by atoms with Crippen molar-refractivity contribution in [1.29, 1.82) is 0 Å². The fourth-order valence-corrected chi connectivity index (χ4v) is 3.36. The third-order valence-corrected chi connectivity index (χ3v) is 5.07. The molecule has 7 heteroatoms. The molecule has 6 nitrogen and oxygen atoms in total. The summed E-state index contributed by atoms with van der Waals surface area (Å²) in [7, 11) is 0. The van der Waals surface area contributed by atoms with E-state index in [1.54, 1.807) is 11.3 Å². The Balaban J connectivity index is 1.82. The average molecular weight is 309 g/mol. The van der Waals surface area contributed by atoms with Gasteiger partial charge in [-0.15, -0.1) is 10.2 Å². The lowest BCUT2D eigenvalue weighted by Gasteiger charge is -2.25. The number of hydrogen-bond acceptors (Lipinski definition) is 6. The molecule has 2 aromatic heterocycles. The maximum atomic E-state index is 6.26. The molecule has 116 valence electrons. The smallest absolute Gasteiger partial charge is 0.234 e. The summed E-state index contributed by atoms with van der Waals surface area (Å²) in [4.78, 5) is 0.868. The Morgan fingerprint density at radius 1 is 1.33 bits per heavy atom. The van der Waals surface area contributed by atoms with E-state index in [1.165, 1.54) is 0 Å². The van der Waals surface area contributed by atoms with E-state index in [9.17, 15) is 0 Å². The molecule has 1 atom stereocenters. The first kappa shape index (κ1) is 14.9. The van der Waals surface area contributed by atoms with Crippen LogP contribution in [0, 0.1) is 5.41 Å². The van der Waals surface area contributed by atoms with E-state index in [1.807, 2.05) is 4.52 Å². The van der Waals surface area contributed by atoms with Crippen molar-refractivity contribution in [3.05, 3.63) is 10.8 Å². The minimum absolute atomic E-state index is 0.0789. The predicted octanol–water partition coefficient (Wildman–Crippen LogP) is 2.00. The minimum atomic E-state index is 0.0789. The molecule has 0 bridgehead atoms. The van der Waals surface area contributed by atoms with Crippen LogP contribution in [0.4, 0.5) is 0 Å². The van der Waals surface area contributed by atoms with E-state index < -0.39 is 0 Å². The predicted molar refractivity (Wildman–Crippen MR) is 82.6 cm³/mol. The highest BCUT2D eigenvalue weighted by Crippen LogP contribution is 2.28. The molecule has 0 aromatic carbocycles. The fourth-order valence-electron chi connectivity index (χ4n) is 2.46. The van der Waals surface area contributed by atoms with Gasteiger partial charge >= 0.3 is 0 Å². The number of ether oxygens (including phenoxy) is 1. The Hall–Kier alpha value is -1.05. The van der Waals surface area contributed by atoms with Gasteiger partial charge in [-0.25, -0.2) is 0 Å². The average Bonchev–Trinajstić information content (AvgIpc) is 2.98. The Morgan fingerprint density at radius 2 is 2.05 bits per heavy atom. The molecule has 2 N–H and O–H groups in total. The van der Waals surface area contributed by atoms with E-state index in [4.69, 9.17) is 15.6 Å². The van der Waals surface area contributed by atoms with Crippen LogP contribution in [-0.2, 0) is 11.2 Å². The molecule has 1 aliphatic heterocycles. The summed E-state index contributed by atoms with van der Waals surface area (Å²) in [5.41, 5.74) is 6.34. The Kier molecular flexibility index (Phi) is 3.98. The largest absolute Gasteiger partial charge is 0.381 e. The second-order valence-corrected chi connectivity index (χ2v) is 7.85. The van der Waals surface area contributed by atoms with Gasteiger partial charge in [-0.05, 0) is 18.3 Å². The maximum Gasteiger partial charge on any atom is 0.234 e. The zero-order chi connectivity index (χ0) is 15.0. The van der Waals surface area contributed by atoms with Gasteiger partial charge in [0.15, 0.2) is 5.82 Å². The van der Waals surface area contributed by atoms with Gasteiger partial charge < -0.3 is 10.5 Å². The molecule has 0 aliphatic carbocycles. The lowest BCUT2D eigenvalue weighted by Crippen LogP contribution is -2.36. The summed E-state index contributed by atoms with van der Waals surface area (Å²) in [6, 6.07) is 0.0906. The molecule has 0 amide bonds. The van der Waals surface area contributed by atoms with Gasteiger partial charge in [0.25, 0.3) is 0 Å². The van der Waals surface area contributed by atoms with Gasteiger partial charge in [0, 0.05) is 31.6 Å². The van der Waals surface area contributed by atoms with Crippen LogP contribution in [0.1, 0.15) is 50.4 Å². The van der Waals surface area contributed by atoms with Crippen molar-refractivity contribution >= 4 is 16.3 Å². The zero-order valence-corrected chi connectivity index (χ0v) is 13.7. The molecule has 1 saturated heterocycles. The number of rotatable bonds is 3. The van der Waals surface area contributed by atoms with Gasteiger partial charge in [-0.3, -0.25) is 0 Å². The second kappa shape index (κ2) is 5.62. The minimum Gasteiger partial charge on any atom is -0.381 e. The SMILES string of the molecule is CC(C)(C)C(N)Cc1nn2c(C3CCOCC3)nnc2s1. The summed E-state index contributed by atoms with van der Waals surface area (Å²) in [5, 5.41) is 14.3.